The van der Waals surface area contributed by atoms with Gasteiger partial charge in [-0.15, -0.1) is 0 Å². The number of urea groups is 1. The van der Waals surface area contributed by atoms with E-state index in [1.807, 2.05) is 19.1 Å². The minimum atomic E-state index is -2.32. The van der Waals surface area contributed by atoms with Gasteiger partial charge in [-0.2, -0.15) is 0 Å². The Labute approximate surface area is 452 Å². The van der Waals surface area contributed by atoms with Gasteiger partial charge in [0.2, 0.25) is 0 Å². The van der Waals surface area contributed by atoms with Crippen molar-refractivity contribution < 1.29 is 94.6 Å². The number of amides is 2. The normalized spacial score (nSPS) is 40.2. The number of allylic oxidation sites excluding steroid dienone is 12. The number of carbonyl (C=O) groups is 3. The van der Waals surface area contributed by atoms with E-state index in [0.717, 1.165) is 0 Å². The van der Waals surface area contributed by atoms with Gasteiger partial charge < -0.3 is 96.6 Å². The zero-order valence-electron chi connectivity index (χ0n) is 44.8. The molecule has 2 saturated heterocycles. The van der Waals surface area contributed by atoms with Gasteiger partial charge in [0, 0.05) is 76.0 Å². The van der Waals surface area contributed by atoms with Gasteiger partial charge in [0.25, 0.3) is 0 Å². The SMILES string of the molecule is C[C@@H]1[C@H](O)[C@@H](C)/C=C/C=C/C=C/C=C/C=C/C=C/C=C/[C@H](O[C@@H]2O[C@H](C)[C@@H](O)[C@H](N)[C@@H]2O)C[C@@H]2O[C@](O)(C[C@@H](O)C[C@@H](O)[C@H](O)CC[C@@H](O)C[C@@H](O)CC(=O)O[C@H]1C)C[C@H](O)[C@H]2NC(=O)NCCCC(=O)CC(CO)CO. The third-order valence-corrected chi connectivity index (χ3v) is 14.0. The summed E-state index contributed by atoms with van der Waals surface area (Å²) in [6.45, 7) is 6.03. The summed E-state index contributed by atoms with van der Waals surface area (Å²) in [4.78, 5) is 38.4. The fourth-order valence-electron chi connectivity index (χ4n) is 9.14. The maximum Gasteiger partial charge on any atom is 0.315 e. The molecule has 0 saturated carbocycles. The van der Waals surface area contributed by atoms with Gasteiger partial charge in [-0.1, -0.05) is 98.9 Å². The highest BCUT2D eigenvalue weighted by molar-refractivity contribution is 5.79. The van der Waals surface area contributed by atoms with Gasteiger partial charge in [0.05, 0.1) is 85.6 Å². The smallest absolute Gasteiger partial charge is 0.315 e. The molecule has 2 fully saturated rings. The predicted molar refractivity (Wildman–Crippen MR) is 283 cm³/mol. The van der Waals surface area contributed by atoms with Gasteiger partial charge in [-0.3, -0.25) is 9.59 Å². The molecule has 3 heterocycles. The number of ether oxygens (including phenoxy) is 4. The van der Waals surface area contributed by atoms with E-state index in [4.69, 9.17) is 24.7 Å². The van der Waals surface area contributed by atoms with E-state index in [1.54, 1.807) is 86.8 Å². The first-order chi connectivity index (χ1) is 36.5. The first-order valence-electron chi connectivity index (χ1n) is 26.7. The number of aliphatic hydroxyl groups excluding tert-OH is 11. The molecule has 0 aromatic heterocycles. The Morgan fingerprint density at radius 1 is 0.714 bits per heavy atom. The number of ketones is 1. The maximum atomic E-state index is 13.4. The quantitative estimate of drug-likeness (QED) is 0.0958. The summed E-state index contributed by atoms with van der Waals surface area (Å²) in [6.07, 6.45) is 3.95. The van der Waals surface area contributed by atoms with Crippen LogP contribution in [0.2, 0.25) is 0 Å². The van der Waals surface area contributed by atoms with Crippen LogP contribution in [0.1, 0.15) is 98.3 Å². The number of rotatable bonds is 11. The zero-order valence-corrected chi connectivity index (χ0v) is 44.8. The number of nitrogens with one attached hydrogen (secondary N) is 2. The molecule has 22 nitrogen and oxygen atoms in total. The van der Waals surface area contributed by atoms with E-state index >= 15 is 0 Å². The average molecular weight is 1100 g/mol. The number of nitrogens with two attached hydrogens (primary N) is 1. The largest absolute Gasteiger partial charge is 0.462 e. The summed E-state index contributed by atoms with van der Waals surface area (Å²) in [5, 5.41) is 134. The Balaban J connectivity index is 1.92. The van der Waals surface area contributed by atoms with Crippen LogP contribution in [-0.4, -0.2) is 202 Å². The highest BCUT2D eigenvalue weighted by Gasteiger charge is 2.49. The van der Waals surface area contributed by atoms with E-state index in [9.17, 15) is 75.7 Å². The van der Waals surface area contributed by atoms with Gasteiger partial charge >= 0.3 is 12.0 Å². The van der Waals surface area contributed by atoms with Crippen LogP contribution in [0.4, 0.5) is 4.79 Å². The molecule has 0 spiro atoms. The minimum Gasteiger partial charge on any atom is -0.462 e. The Hall–Kier alpha value is -4.05. The molecular weight excluding hydrogens is 1010 g/mol. The molecule has 0 aliphatic carbocycles. The Morgan fingerprint density at radius 3 is 1.92 bits per heavy atom. The van der Waals surface area contributed by atoms with Crippen LogP contribution in [-0.2, 0) is 28.5 Å². The van der Waals surface area contributed by atoms with Crippen molar-refractivity contribution >= 4 is 17.8 Å². The molecule has 2 amide bonds. The molecular formula is C55H89N3O19. The number of Topliss-reactive ketones (excluding diaryl/α,β-unsaturated/α-hetero) is 1. The number of carbonyl (C=O) groups excluding carboxylic acids is 3. The van der Waals surface area contributed by atoms with Gasteiger partial charge in [0.1, 0.15) is 18.0 Å². The number of cyclic esters (lactones) is 1. The summed E-state index contributed by atoms with van der Waals surface area (Å²) < 4.78 is 23.8. The van der Waals surface area contributed by atoms with Crippen LogP contribution in [0.5, 0.6) is 0 Å². The fraction of sp³-hybridized carbons (Fsp3) is 0.691. The van der Waals surface area contributed by atoms with Crippen molar-refractivity contribution in [2.75, 3.05) is 19.8 Å². The number of aliphatic hydroxyl groups is 12. The van der Waals surface area contributed by atoms with E-state index in [0.29, 0.717) is 0 Å². The van der Waals surface area contributed by atoms with Crippen LogP contribution >= 0.6 is 0 Å². The molecule has 438 valence electrons. The lowest BCUT2D eigenvalue weighted by atomic mass is 9.87. The lowest BCUT2D eigenvalue weighted by Crippen LogP contribution is -2.64. The topological polar surface area (TPSA) is 381 Å². The molecule has 22 heteroatoms. The van der Waals surface area contributed by atoms with Gasteiger partial charge in [-0.05, 0) is 39.5 Å². The second-order valence-electron chi connectivity index (χ2n) is 20.7. The van der Waals surface area contributed by atoms with Crippen molar-refractivity contribution in [3.05, 3.63) is 85.1 Å². The number of esters is 1. The summed E-state index contributed by atoms with van der Waals surface area (Å²) in [7, 11) is 0. The van der Waals surface area contributed by atoms with E-state index in [-0.39, 0.29) is 76.4 Å². The monoisotopic (exact) mass is 1100 g/mol. The van der Waals surface area contributed by atoms with Gasteiger partial charge in [-0.25, -0.2) is 4.79 Å². The molecule has 3 rings (SSSR count). The third kappa shape index (κ3) is 24.5. The van der Waals surface area contributed by atoms with Crippen molar-refractivity contribution in [1.29, 1.82) is 0 Å². The summed E-state index contributed by atoms with van der Waals surface area (Å²) in [5.41, 5.74) is 6.12. The molecule has 3 aliphatic rings. The zero-order chi connectivity index (χ0) is 57.2. The molecule has 2 bridgehead atoms. The lowest BCUT2D eigenvalue weighted by Gasteiger charge is -2.46. The Kier molecular flexibility index (Phi) is 30.4. The van der Waals surface area contributed by atoms with Crippen molar-refractivity contribution in [3.63, 3.8) is 0 Å². The lowest BCUT2D eigenvalue weighted by molar-refractivity contribution is -0.303. The molecule has 77 heavy (non-hydrogen) atoms. The predicted octanol–water partition coefficient (Wildman–Crippen LogP) is 0.0189. The summed E-state index contributed by atoms with van der Waals surface area (Å²) in [5.74, 6) is -4.65. The molecule has 3 aliphatic heterocycles. The van der Waals surface area contributed by atoms with Crippen molar-refractivity contribution in [1.82, 2.24) is 10.6 Å². The second-order valence-corrected chi connectivity index (χ2v) is 20.7. The minimum absolute atomic E-state index is 0.0138. The van der Waals surface area contributed by atoms with E-state index in [2.05, 4.69) is 10.6 Å². The highest BCUT2D eigenvalue weighted by atomic mass is 16.7. The van der Waals surface area contributed by atoms with Crippen molar-refractivity contribution in [2.45, 2.75) is 202 Å². The van der Waals surface area contributed by atoms with Crippen LogP contribution in [0, 0.1) is 17.8 Å². The number of fused-ring (bicyclic) bond motifs is 2. The Morgan fingerprint density at radius 2 is 1.31 bits per heavy atom. The van der Waals surface area contributed by atoms with Crippen LogP contribution in [0.25, 0.3) is 0 Å². The fourth-order valence-corrected chi connectivity index (χ4v) is 9.14. The second kappa shape index (κ2) is 34.8. The summed E-state index contributed by atoms with van der Waals surface area (Å²) in [6, 6.07) is -3.22. The Bertz CT molecular complexity index is 1960. The average Bonchev–Trinajstić information content (AvgIpc) is 3.36. The van der Waals surface area contributed by atoms with E-state index in [1.165, 1.54) is 6.92 Å². The highest BCUT2D eigenvalue weighted by Crippen LogP contribution is 2.35. The van der Waals surface area contributed by atoms with Gasteiger partial charge in [0.15, 0.2) is 12.1 Å². The van der Waals surface area contributed by atoms with Crippen molar-refractivity contribution in [2.24, 2.45) is 23.5 Å². The molecule has 0 unspecified atom stereocenters. The number of hydrogen-bond acceptors (Lipinski definition) is 20. The maximum absolute atomic E-state index is 13.4. The molecule has 0 aromatic carbocycles. The van der Waals surface area contributed by atoms with E-state index < -0.39 is 153 Å². The molecule has 0 radical (unpaired) electrons. The van der Waals surface area contributed by atoms with Crippen LogP contribution in [0.3, 0.4) is 0 Å². The molecule has 0 aromatic rings. The first kappa shape index (κ1) is 67.2. The molecule has 16 N–H and O–H groups in total. The van der Waals surface area contributed by atoms with Crippen molar-refractivity contribution in [3.8, 4) is 0 Å². The molecule has 19 atom stereocenters. The number of hydrogen-bond donors (Lipinski definition) is 15. The third-order valence-electron chi connectivity index (χ3n) is 14.0. The summed E-state index contributed by atoms with van der Waals surface area (Å²) >= 11 is 0. The first-order valence-corrected chi connectivity index (χ1v) is 26.7. The van der Waals surface area contributed by atoms with Crippen LogP contribution in [0.15, 0.2) is 85.1 Å². The van der Waals surface area contributed by atoms with Crippen LogP contribution < -0.4 is 16.4 Å². The standard InChI is InChI=1S/C55H89N3O19/c1-33-18-15-13-11-9-7-5-6-8-10-12-14-16-20-42(76-53-52(71)48(56)51(70)36(4)75-53)28-46-49(58-54(72)57-23-17-19-38(61)24-37(31-59)32-60)45(67)30-55(73,77-46)29-41(64)26-44(66)43(65)22-21-39(62)25-40(63)27-47(68)74-35(3)34(2)50(33)69/h5-16,18,20,33-37,39-46,48-53,59-60,62-67,69-71,73H,17,19,21-32,56H2,1-4H3,(H2,57,58,72)/b6-5+,9-7+,10-8+,13-11+,14-12+,18-15+,20-16+/t33-,34-,35-,36+,39+,40+,41-,42-,43+,44+,45-,46-,48-,49+,50+,51+,52-,53-,55+/m0/s1.